The van der Waals surface area contributed by atoms with Crippen molar-refractivity contribution in [1.29, 1.82) is 0 Å². The molecule has 0 radical (unpaired) electrons. The van der Waals surface area contributed by atoms with E-state index in [1.165, 1.54) is 6.92 Å². The van der Waals surface area contributed by atoms with Gasteiger partial charge in [0.1, 0.15) is 12.1 Å². The number of aromatic amines is 1. The van der Waals surface area contributed by atoms with Crippen LogP contribution >= 0.6 is 12.6 Å². The van der Waals surface area contributed by atoms with Crippen LogP contribution in [0.5, 0.6) is 0 Å². The summed E-state index contributed by atoms with van der Waals surface area (Å²) in [5.74, 6) is -3.42. The van der Waals surface area contributed by atoms with E-state index in [-0.39, 0.29) is 18.6 Å². The molecule has 8 N–H and O–H groups in total. The number of amides is 3. The number of nitrogens with two attached hydrogens (primary N) is 1. The number of aliphatic carboxylic acids is 1. The Balaban J connectivity index is 1.90. The molecule has 0 aliphatic heterocycles. The number of para-hydroxylation sites is 1. The molecule has 0 bridgehead atoms. The molecule has 39 heavy (non-hydrogen) atoms. The third kappa shape index (κ3) is 8.06. The van der Waals surface area contributed by atoms with Crippen molar-refractivity contribution in [3.63, 3.8) is 0 Å². The van der Waals surface area contributed by atoms with Gasteiger partial charge in [0.25, 0.3) is 0 Å². The Kier molecular flexibility index (Phi) is 10.5. The highest BCUT2D eigenvalue weighted by Gasteiger charge is 2.32. The van der Waals surface area contributed by atoms with Crippen LogP contribution in [0, 0.1) is 0 Å². The minimum atomic E-state index is -1.59. The van der Waals surface area contributed by atoms with Crippen LogP contribution in [0.25, 0.3) is 10.9 Å². The Morgan fingerprint density at radius 1 is 0.897 bits per heavy atom. The molecule has 3 amide bonds. The molecule has 11 nitrogen and oxygen atoms in total. The minimum absolute atomic E-state index is 0.00981. The van der Waals surface area contributed by atoms with Crippen molar-refractivity contribution in [3.8, 4) is 0 Å². The van der Waals surface area contributed by atoms with Gasteiger partial charge in [-0.15, -0.1) is 0 Å². The molecule has 1 heterocycles. The summed E-state index contributed by atoms with van der Waals surface area (Å²) in [6, 6.07) is 11.5. The first-order valence-corrected chi connectivity index (χ1v) is 13.0. The number of hydrogen-bond acceptors (Lipinski definition) is 7. The van der Waals surface area contributed by atoms with Gasteiger partial charge in [-0.25, -0.2) is 4.79 Å². The summed E-state index contributed by atoms with van der Waals surface area (Å²) in [5, 5.41) is 27.7. The van der Waals surface area contributed by atoms with Gasteiger partial charge in [-0.3, -0.25) is 14.4 Å². The van der Waals surface area contributed by atoms with Gasteiger partial charge in [-0.05, 0) is 24.1 Å². The van der Waals surface area contributed by atoms with Crippen LogP contribution in [0.15, 0.2) is 60.8 Å². The van der Waals surface area contributed by atoms with E-state index in [1.54, 1.807) is 30.5 Å². The van der Waals surface area contributed by atoms with E-state index in [2.05, 4.69) is 33.6 Å². The molecule has 0 aliphatic carbocycles. The Hall–Kier alpha value is -3.87. The Morgan fingerprint density at radius 2 is 1.49 bits per heavy atom. The molecule has 2 aromatic carbocycles. The molecule has 5 unspecified atom stereocenters. The molecule has 12 heteroatoms. The molecular weight excluding hydrogens is 522 g/mol. The second-order valence-electron chi connectivity index (χ2n) is 9.23. The third-order valence-corrected chi connectivity index (χ3v) is 6.62. The third-order valence-electron chi connectivity index (χ3n) is 6.23. The molecule has 0 spiro atoms. The number of carboxylic acid groups (broad SMARTS) is 1. The van der Waals surface area contributed by atoms with Crippen molar-refractivity contribution < 1.29 is 29.4 Å². The highest BCUT2D eigenvalue weighted by molar-refractivity contribution is 7.80. The number of aliphatic hydroxyl groups excluding tert-OH is 1. The summed E-state index contributed by atoms with van der Waals surface area (Å²) in [6.07, 6.45) is 0.444. The second kappa shape index (κ2) is 13.8. The zero-order chi connectivity index (χ0) is 28.5. The number of carbonyl (C=O) groups is 4. The van der Waals surface area contributed by atoms with Crippen molar-refractivity contribution in [1.82, 2.24) is 20.9 Å². The fourth-order valence-corrected chi connectivity index (χ4v) is 4.23. The first-order chi connectivity index (χ1) is 18.6. The summed E-state index contributed by atoms with van der Waals surface area (Å²) < 4.78 is 0. The summed E-state index contributed by atoms with van der Waals surface area (Å²) in [6.45, 7) is 1.24. The number of hydrogen-bond donors (Lipinski definition) is 8. The van der Waals surface area contributed by atoms with Crippen LogP contribution in [0.4, 0.5) is 0 Å². The predicted octanol–water partition coefficient (Wildman–Crippen LogP) is 0.130. The van der Waals surface area contributed by atoms with Gasteiger partial charge in [0.2, 0.25) is 17.7 Å². The summed E-state index contributed by atoms with van der Waals surface area (Å²) in [7, 11) is 0. The highest BCUT2D eigenvalue weighted by Crippen LogP contribution is 2.19. The lowest BCUT2D eigenvalue weighted by Gasteiger charge is -2.26. The zero-order valence-corrected chi connectivity index (χ0v) is 22.2. The van der Waals surface area contributed by atoms with E-state index < -0.39 is 54.0 Å². The van der Waals surface area contributed by atoms with Gasteiger partial charge in [-0.2, -0.15) is 12.6 Å². The number of benzene rings is 2. The van der Waals surface area contributed by atoms with Crippen molar-refractivity contribution in [2.75, 3.05) is 5.75 Å². The molecule has 0 saturated heterocycles. The van der Waals surface area contributed by atoms with E-state index in [1.807, 2.05) is 30.3 Å². The maximum atomic E-state index is 13.5. The maximum absolute atomic E-state index is 13.5. The Bertz CT molecular complexity index is 1300. The maximum Gasteiger partial charge on any atom is 0.328 e. The van der Waals surface area contributed by atoms with Crippen molar-refractivity contribution in [3.05, 3.63) is 71.9 Å². The lowest BCUT2D eigenvalue weighted by Crippen LogP contribution is -2.59. The molecule has 3 aromatic rings. The molecule has 0 aliphatic rings. The van der Waals surface area contributed by atoms with Gasteiger partial charge in [0.05, 0.1) is 12.1 Å². The zero-order valence-electron chi connectivity index (χ0n) is 21.3. The number of H-pyrrole nitrogens is 1. The SMILES string of the molecule is CC(O)C(NC(=O)C(Cc1c[nH]c2ccccc12)NC(=O)C(Cc1ccccc1)NC(=O)C(N)CS)C(=O)O. The normalized spacial score (nSPS) is 15.0. The fourth-order valence-electron chi connectivity index (χ4n) is 4.07. The van der Waals surface area contributed by atoms with Crippen molar-refractivity contribution in [2.24, 2.45) is 5.73 Å². The van der Waals surface area contributed by atoms with Crippen LogP contribution < -0.4 is 21.7 Å². The van der Waals surface area contributed by atoms with Crippen LogP contribution in [-0.2, 0) is 32.0 Å². The van der Waals surface area contributed by atoms with E-state index in [9.17, 15) is 29.4 Å². The summed E-state index contributed by atoms with van der Waals surface area (Å²) in [5.41, 5.74) is 8.08. The van der Waals surface area contributed by atoms with Gasteiger partial charge >= 0.3 is 5.97 Å². The second-order valence-corrected chi connectivity index (χ2v) is 9.60. The Labute approximate surface area is 231 Å². The summed E-state index contributed by atoms with van der Waals surface area (Å²) in [4.78, 5) is 54.1. The van der Waals surface area contributed by atoms with Crippen LogP contribution in [0.3, 0.4) is 0 Å². The number of aliphatic hydroxyl groups is 1. The van der Waals surface area contributed by atoms with Gasteiger partial charge < -0.3 is 36.9 Å². The van der Waals surface area contributed by atoms with Crippen molar-refractivity contribution >= 4 is 47.2 Å². The average molecular weight is 556 g/mol. The van der Waals surface area contributed by atoms with Crippen LogP contribution in [-0.4, -0.2) is 74.9 Å². The van der Waals surface area contributed by atoms with Crippen molar-refractivity contribution in [2.45, 2.75) is 50.0 Å². The molecule has 5 atom stereocenters. The molecule has 1 aromatic heterocycles. The number of thiol groups is 1. The van der Waals surface area contributed by atoms with E-state index in [0.717, 1.165) is 16.5 Å². The molecule has 208 valence electrons. The first kappa shape index (κ1) is 29.7. The van der Waals surface area contributed by atoms with Crippen LogP contribution in [0.2, 0.25) is 0 Å². The number of carbonyl (C=O) groups excluding carboxylic acids is 3. The number of carboxylic acids is 1. The van der Waals surface area contributed by atoms with Gasteiger partial charge in [-0.1, -0.05) is 48.5 Å². The largest absolute Gasteiger partial charge is 0.480 e. The standard InChI is InChI=1S/C27H33N5O6S/c1-15(33)23(27(37)38)32-26(36)22(12-17-13-29-20-10-6-5-9-18(17)20)31-25(35)21(30-24(34)19(28)14-39)11-16-7-3-2-4-8-16/h2-10,13,15,19,21-23,29,33,39H,11-12,14,28H2,1H3,(H,30,34)(H,31,35)(H,32,36)(H,37,38). The molecule has 0 saturated carbocycles. The monoisotopic (exact) mass is 555 g/mol. The lowest BCUT2D eigenvalue weighted by atomic mass is 10.0. The minimum Gasteiger partial charge on any atom is -0.480 e. The molecule has 0 fully saturated rings. The Morgan fingerprint density at radius 3 is 2.13 bits per heavy atom. The quantitative estimate of drug-likeness (QED) is 0.138. The predicted molar refractivity (Wildman–Crippen MR) is 149 cm³/mol. The van der Waals surface area contributed by atoms with E-state index in [4.69, 9.17) is 5.73 Å². The average Bonchev–Trinajstić information content (AvgIpc) is 3.33. The number of aromatic nitrogens is 1. The van der Waals surface area contributed by atoms with Gasteiger partial charge in [0.15, 0.2) is 6.04 Å². The fraction of sp³-hybridized carbons (Fsp3) is 0.333. The van der Waals surface area contributed by atoms with E-state index in [0.29, 0.717) is 5.56 Å². The van der Waals surface area contributed by atoms with E-state index >= 15 is 0 Å². The van der Waals surface area contributed by atoms with Gasteiger partial charge in [0, 0.05) is 35.7 Å². The topological polar surface area (TPSA) is 187 Å². The summed E-state index contributed by atoms with van der Waals surface area (Å²) >= 11 is 4.04. The lowest BCUT2D eigenvalue weighted by molar-refractivity contribution is -0.145. The number of fused-ring (bicyclic) bond motifs is 1. The smallest absolute Gasteiger partial charge is 0.328 e. The molecule has 3 rings (SSSR count). The number of rotatable bonds is 13. The molecular formula is C27H33N5O6S. The highest BCUT2D eigenvalue weighted by atomic mass is 32.1. The first-order valence-electron chi connectivity index (χ1n) is 12.4. The number of nitrogens with one attached hydrogen (secondary N) is 4. The van der Waals surface area contributed by atoms with Crippen LogP contribution in [0.1, 0.15) is 18.1 Å².